The van der Waals surface area contributed by atoms with E-state index in [2.05, 4.69) is 4.98 Å². The lowest BCUT2D eigenvalue weighted by Gasteiger charge is -2.27. The Hall–Kier alpha value is -1.07. The lowest BCUT2D eigenvalue weighted by Crippen LogP contribution is -2.38. The normalized spacial score (nSPS) is 17.6. The predicted molar refractivity (Wildman–Crippen MR) is 72.9 cm³/mol. The van der Waals surface area contributed by atoms with E-state index in [9.17, 15) is 9.90 Å². The quantitative estimate of drug-likeness (QED) is 0.893. The van der Waals surface area contributed by atoms with E-state index >= 15 is 0 Å². The third kappa shape index (κ3) is 3.23. The molecule has 0 spiro atoms. The van der Waals surface area contributed by atoms with Crippen molar-refractivity contribution in [2.75, 3.05) is 24.6 Å². The van der Waals surface area contributed by atoms with Gasteiger partial charge in [-0.3, -0.25) is 9.78 Å². The van der Waals surface area contributed by atoms with Crippen LogP contribution < -0.4 is 0 Å². The highest BCUT2D eigenvalue weighted by molar-refractivity contribution is 7.99. The minimum absolute atomic E-state index is 0.0408. The largest absolute Gasteiger partial charge is 0.393 e. The van der Waals surface area contributed by atoms with Gasteiger partial charge < -0.3 is 10.0 Å². The number of hydrogen-bond acceptors (Lipinski definition) is 4. The highest BCUT2D eigenvalue weighted by Crippen LogP contribution is 2.15. The second-order valence-corrected chi connectivity index (χ2v) is 5.68. The topological polar surface area (TPSA) is 53.4 Å². The Morgan fingerprint density at radius 2 is 2.28 bits per heavy atom. The van der Waals surface area contributed by atoms with Crippen molar-refractivity contribution in [3.05, 3.63) is 29.6 Å². The van der Waals surface area contributed by atoms with Crippen LogP contribution in [0.3, 0.4) is 0 Å². The average Bonchev–Trinajstić information content (AvgIpc) is 2.39. The van der Waals surface area contributed by atoms with E-state index in [4.69, 9.17) is 0 Å². The molecule has 1 aromatic heterocycles. The molecule has 0 saturated carbocycles. The van der Waals surface area contributed by atoms with Gasteiger partial charge in [0.25, 0.3) is 5.91 Å². The van der Waals surface area contributed by atoms with E-state index in [1.54, 1.807) is 25.3 Å². The number of rotatable bonds is 3. The summed E-state index contributed by atoms with van der Waals surface area (Å²) in [6.07, 6.45) is 1.61. The van der Waals surface area contributed by atoms with Crippen LogP contribution in [0.4, 0.5) is 0 Å². The summed E-state index contributed by atoms with van der Waals surface area (Å²) in [5.74, 6) is 2.04. The van der Waals surface area contributed by atoms with Crippen molar-refractivity contribution in [1.82, 2.24) is 9.88 Å². The van der Waals surface area contributed by atoms with Gasteiger partial charge in [0.1, 0.15) is 0 Å². The maximum absolute atomic E-state index is 12.4. The first-order valence-corrected chi connectivity index (χ1v) is 7.33. The second-order valence-electron chi connectivity index (χ2n) is 4.46. The van der Waals surface area contributed by atoms with Gasteiger partial charge in [-0.1, -0.05) is 0 Å². The molecule has 1 aromatic rings. The number of carbonyl (C=O) groups is 1. The Morgan fingerprint density at radius 1 is 1.56 bits per heavy atom. The Kier molecular flexibility index (Phi) is 4.60. The van der Waals surface area contributed by atoms with E-state index in [-0.39, 0.29) is 5.91 Å². The summed E-state index contributed by atoms with van der Waals surface area (Å²) in [6.45, 7) is 3.31. The molecule has 2 rings (SSSR count). The molecule has 98 valence electrons. The summed E-state index contributed by atoms with van der Waals surface area (Å²) in [7, 11) is 0. The van der Waals surface area contributed by atoms with Crippen LogP contribution in [0.2, 0.25) is 0 Å². The van der Waals surface area contributed by atoms with E-state index in [1.165, 1.54) is 0 Å². The van der Waals surface area contributed by atoms with Crippen molar-refractivity contribution in [3.8, 4) is 0 Å². The molecule has 1 amide bonds. The van der Waals surface area contributed by atoms with Crippen molar-refractivity contribution in [3.63, 3.8) is 0 Å². The summed E-state index contributed by atoms with van der Waals surface area (Å²) < 4.78 is 0. The zero-order valence-corrected chi connectivity index (χ0v) is 11.3. The van der Waals surface area contributed by atoms with Crippen LogP contribution in [0.1, 0.15) is 23.0 Å². The summed E-state index contributed by atoms with van der Waals surface area (Å²) in [5.41, 5.74) is 1.32. The maximum Gasteiger partial charge on any atom is 0.255 e. The summed E-state index contributed by atoms with van der Waals surface area (Å²) in [5, 5.41) is 9.45. The summed E-state index contributed by atoms with van der Waals surface area (Å²) >= 11 is 1.88. The molecule has 1 N–H and O–H groups in total. The van der Waals surface area contributed by atoms with E-state index < -0.39 is 6.10 Å². The van der Waals surface area contributed by atoms with E-state index in [0.717, 1.165) is 24.6 Å². The molecule has 1 unspecified atom stereocenters. The number of aliphatic hydroxyl groups excluding tert-OH is 1. The number of thioether (sulfide) groups is 1. The Labute approximate surface area is 111 Å². The van der Waals surface area contributed by atoms with Gasteiger partial charge >= 0.3 is 0 Å². The molecule has 1 fully saturated rings. The zero-order chi connectivity index (χ0) is 13.0. The highest BCUT2D eigenvalue weighted by atomic mass is 32.2. The average molecular weight is 266 g/mol. The first-order valence-electron chi connectivity index (χ1n) is 6.17. The molecule has 4 nitrogen and oxygen atoms in total. The van der Waals surface area contributed by atoms with Crippen LogP contribution in [0.5, 0.6) is 0 Å². The highest BCUT2D eigenvalue weighted by Gasteiger charge is 2.21. The van der Waals surface area contributed by atoms with Crippen molar-refractivity contribution >= 4 is 17.7 Å². The monoisotopic (exact) mass is 266 g/mol. The predicted octanol–water partition coefficient (Wildman–Crippen LogP) is 1.19. The smallest absolute Gasteiger partial charge is 0.255 e. The first kappa shape index (κ1) is 13.4. The molecule has 18 heavy (non-hydrogen) atoms. The molecule has 0 bridgehead atoms. The van der Waals surface area contributed by atoms with E-state index in [1.807, 2.05) is 16.7 Å². The molecule has 5 heteroatoms. The van der Waals surface area contributed by atoms with Gasteiger partial charge in [0.15, 0.2) is 0 Å². The fraction of sp³-hybridized carbons (Fsp3) is 0.538. The SMILES string of the molecule is CC(O)Cc1ncccc1C(=O)N1CCSCC1. The Bertz CT molecular complexity index is 417. The first-order chi connectivity index (χ1) is 8.68. The standard InChI is InChI=1S/C13H18N2O2S/c1-10(16)9-12-11(3-2-4-14-12)13(17)15-5-7-18-8-6-15/h2-4,10,16H,5-9H2,1H3. The minimum Gasteiger partial charge on any atom is -0.393 e. The van der Waals surface area contributed by atoms with Gasteiger partial charge in [0, 0.05) is 37.2 Å². The van der Waals surface area contributed by atoms with Crippen LogP contribution in [0.25, 0.3) is 0 Å². The molecule has 0 radical (unpaired) electrons. The maximum atomic E-state index is 12.4. The van der Waals surface area contributed by atoms with Crippen LogP contribution >= 0.6 is 11.8 Å². The zero-order valence-electron chi connectivity index (χ0n) is 10.5. The van der Waals surface area contributed by atoms with Gasteiger partial charge in [-0.05, 0) is 19.1 Å². The Balaban J connectivity index is 2.18. The number of nitrogens with zero attached hydrogens (tertiary/aromatic N) is 2. The molecule has 1 atom stereocenters. The molecular weight excluding hydrogens is 248 g/mol. The summed E-state index contributed by atoms with van der Waals surface area (Å²) in [4.78, 5) is 18.5. The van der Waals surface area contributed by atoms with Crippen molar-refractivity contribution < 1.29 is 9.90 Å². The van der Waals surface area contributed by atoms with Crippen molar-refractivity contribution in [2.24, 2.45) is 0 Å². The van der Waals surface area contributed by atoms with Crippen LogP contribution in [0, 0.1) is 0 Å². The van der Waals surface area contributed by atoms with Gasteiger partial charge in [0.05, 0.1) is 17.4 Å². The van der Waals surface area contributed by atoms with Gasteiger partial charge in [-0.2, -0.15) is 11.8 Å². The van der Waals surface area contributed by atoms with E-state index in [0.29, 0.717) is 17.7 Å². The van der Waals surface area contributed by atoms with Crippen LogP contribution in [0.15, 0.2) is 18.3 Å². The lowest BCUT2D eigenvalue weighted by atomic mass is 10.1. The van der Waals surface area contributed by atoms with Crippen molar-refractivity contribution in [1.29, 1.82) is 0 Å². The minimum atomic E-state index is -0.483. The molecule has 1 aliphatic rings. The van der Waals surface area contributed by atoms with Gasteiger partial charge in [-0.15, -0.1) is 0 Å². The number of aromatic nitrogens is 1. The summed E-state index contributed by atoms with van der Waals surface area (Å²) in [6, 6.07) is 3.58. The third-order valence-electron chi connectivity index (χ3n) is 2.91. The number of amides is 1. The fourth-order valence-corrected chi connectivity index (χ4v) is 2.92. The Morgan fingerprint density at radius 3 is 2.94 bits per heavy atom. The number of hydrogen-bond donors (Lipinski definition) is 1. The van der Waals surface area contributed by atoms with Gasteiger partial charge in [-0.25, -0.2) is 0 Å². The fourth-order valence-electron chi connectivity index (χ4n) is 2.01. The number of aliphatic hydroxyl groups is 1. The molecule has 0 aliphatic carbocycles. The second kappa shape index (κ2) is 6.20. The van der Waals surface area contributed by atoms with Crippen LogP contribution in [-0.2, 0) is 6.42 Å². The van der Waals surface area contributed by atoms with Crippen LogP contribution in [-0.4, -0.2) is 51.6 Å². The molecule has 1 saturated heterocycles. The molecule has 2 heterocycles. The molecule has 1 aliphatic heterocycles. The lowest BCUT2D eigenvalue weighted by molar-refractivity contribution is 0.0770. The molecular formula is C13H18N2O2S. The number of carbonyl (C=O) groups excluding carboxylic acids is 1. The third-order valence-corrected chi connectivity index (χ3v) is 3.85. The number of pyridine rings is 1. The van der Waals surface area contributed by atoms with Gasteiger partial charge in [0.2, 0.25) is 0 Å². The molecule has 0 aromatic carbocycles. The van der Waals surface area contributed by atoms with Crippen molar-refractivity contribution in [2.45, 2.75) is 19.4 Å².